The van der Waals surface area contributed by atoms with Gasteiger partial charge in [-0.3, -0.25) is 4.90 Å². The third-order valence-electron chi connectivity index (χ3n) is 4.25. The van der Waals surface area contributed by atoms with E-state index >= 15 is 0 Å². The van der Waals surface area contributed by atoms with E-state index in [0.717, 1.165) is 56.7 Å². The van der Waals surface area contributed by atoms with Crippen molar-refractivity contribution >= 4 is 5.69 Å². The van der Waals surface area contributed by atoms with Crippen molar-refractivity contribution < 1.29 is 4.74 Å². The molecule has 1 heterocycles. The van der Waals surface area contributed by atoms with E-state index in [2.05, 4.69) is 29.0 Å². The summed E-state index contributed by atoms with van der Waals surface area (Å²) in [6.07, 6.45) is 2.61. The molecule has 1 aromatic carbocycles. The van der Waals surface area contributed by atoms with Crippen molar-refractivity contribution in [1.29, 1.82) is 0 Å². The molecular formula is C16H25N3O. The normalized spacial score (nSPS) is 21.1. The molecule has 3 rings (SSSR count). The summed E-state index contributed by atoms with van der Waals surface area (Å²) in [7, 11) is 2.18. The van der Waals surface area contributed by atoms with Crippen molar-refractivity contribution in [2.45, 2.75) is 19.4 Å². The van der Waals surface area contributed by atoms with Gasteiger partial charge < -0.3 is 15.4 Å². The molecule has 0 aromatic heterocycles. The van der Waals surface area contributed by atoms with Gasteiger partial charge in [0.15, 0.2) is 0 Å². The zero-order valence-corrected chi connectivity index (χ0v) is 12.3. The van der Waals surface area contributed by atoms with E-state index in [1.807, 2.05) is 6.07 Å². The molecule has 1 aliphatic heterocycles. The van der Waals surface area contributed by atoms with E-state index in [9.17, 15) is 0 Å². The molecule has 1 aliphatic carbocycles. The van der Waals surface area contributed by atoms with Crippen LogP contribution in [-0.2, 0) is 6.54 Å². The fourth-order valence-corrected chi connectivity index (χ4v) is 2.56. The lowest BCUT2D eigenvalue weighted by molar-refractivity contribution is 0.148. The van der Waals surface area contributed by atoms with Gasteiger partial charge in [0.05, 0.1) is 12.3 Å². The van der Waals surface area contributed by atoms with Gasteiger partial charge in [-0.1, -0.05) is 6.07 Å². The number of hydrogen-bond donors (Lipinski definition) is 1. The van der Waals surface area contributed by atoms with Gasteiger partial charge in [0, 0.05) is 32.7 Å². The lowest BCUT2D eigenvalue weighted by Gasteiger charge is -2.32. The molecule has 2 N–H and O–H groups in total. The maximum absolute atomic E-state index is 6.00. The average Bonchev–Trinajstić information content (AvgIpc) is 3.26. The molecule has 0 atom stereocenters. The van der Waals surface area contributed by atoms with Crippen molar-refractivity contribution in [3.05, 3.63) is 23.8 Å². The number of hydrogen-bond acceptors (Lipinski definition) is 4. The maximum Gasteiger partial charge on any atom is 0.142 e. The lowest BCUT2D eigenvalue weighted by atomic mass is 10.1. The summed E-state index contributed by atoms with van der Waals surface area (Å²) in [5, 5.41) is 0. The zero-order valence-electron chi connectivity index (χ0n) is 12.3. The highest BCUT2D eigenvalue weighted by Gasteiger charge is 2.22. The summed E-state index contributed by atoms with van der Waals surface area (Å²) in [6, 6.07) is 6.22. The molecular weight excluding hydrogens is 250 g/mol. The molecule has 0 unspecified atom stereocenters. The third-order valence-corrected chi connectivity index (χ3v) is 4.25. The molecule has 2 fully saturated rings. The number of nitrogen functional groups attached to an aromatic ring is 1. The number of rotatable bonds is 5. The highest BCUT2D eigenvalue weighted by Crippen LogP contribution is 2.31. The van der Waals surface area contributed by atoms with Crippen molar-refractivity contribution in [3.8, 4) is 5.75 Å². The molecule has 2 aliphatic rings. The van der Waals surface area contributed by atoms with Crippen LogP contribution >= 0.6 is 0 Å². The Balaban J connectivity index is 1.59. The number of benzene rings is 1. The van der Waals surface area contributed by atoms with Crippen LogP contribution in [0.4, 0.5) is 5.69 Å². The average molecular weight is 275 g/mol. The SMILES string of the molecule is CN1CCN(Cc2ccc(N)c(OCC3CC3)c2)CC1. The van der Waals surface area contributed by atoms with Gasteiger partial charge in [-0.05, 0) is 43.5 Å². The van der Waals surface area contributed by atoms with E-state index in [0.29, 0.717) is 0 Å². The third kappa shape index (κ3) is 3.64. The van der Waals surface area contributed by atoms with Crippen molar-refractivity contribution in [3.63, 3.8) is 0 Å². The topological polar surface area (TPSA) is 41.7 Å². The lowest BCUT2D eigenvalue weighted by Crippen LogP contribution is -2.43. The molecule has 1 aromatic rings. The molecule has 0 spiro atoms. The van der Waals surface area contributed by atoms with Gasteiger partial charge in [-0.15, -0.1) is 0 Å². The number of piperazine rings is 1. The Hall–Kier alpha value is -1.26. The van der Waals surface area contributed by atoms with Crippen LogP contribution in [0, 0.1) is 5.92 Å². The summed E-state index contributed by atoms with van der Waals surface area (Å²) < 4.78 is 5.86. The van der Waals surface area contributed by atoms with Crippen LogP contribution in [-0.4, -0.2) is 49.6 Å². The molecule has 20 heavy (non-hydrogen) atoms. The Labute approximate surface area is 121 Å². The molecule has 0 radical (unpaired) electrons. The summed E-state index contributed by atoms with van der Waals surface area (Å²) >= 11 is 0. The van der Waals surface area contributed by atoms with Crippen LogP contribution in [0.15, 0.2) is 18.2 Å². The van der Waals surface area contributed by atoms with Crippen LogP contribution in [0.3, 0.4) is 0 Å². The Morgan fingerprint density at radius 3 is 2.65 bits per heavy atom. The van der Waals surface area contributed by atoms with E-state index in [4.69, 9.17) is 10.5 Å². The van der Waals surface area contributed by atoms with Crippen LogP contribution in [0.2, 0.25) is 0 Å². The summed E-state index contributed by atoms with van der Waals surface area (Å²) in [5.41, 5.74) is 8.06. The first-order valence-electron chi connectivity index (χ1n) is 7.63. The first-order valence-corrected chi connectivity index (χ1v) is 7.63. The van der Waals surface area contributed by atoms with Crippen LogP contribution in [0.1, 0.15) is 18.4 Å². The number of nitrogens with two attached hydrogens (primary N) is 1. The van der Waals surface area contributed by atoms with E-state index in [-0.39, 0.29) is 0 Å². The van der Waals surface area contributed by atoms with Crippen molar-refractivity contribution in [2.75, 3.05) is 45.6 Å². The molecule has 110 valence electrons. The second kappa shape index (κ2) is 6.02. The minimum atomic E-state index is 0.757. The zero-order chi connectivity index (χ0) is 13.9. The quantitative estimate of drug-likeness (QED) is 0.832. The number of nitrogens with zero attached hydrogens (tertiary/aromatic N) is 2. The molecule has 0 amide bonds. The van der Waals surface area contributed by atoms with Crippen molar-refractivity contribution in [1.82, 2.24) is 9.80 Å². The number of likely N-dealkylation sites (N-methyl/N-ethyl adjacent to an activating group) is 1. The summed E-state index contributed by atoms with van der Waals surface area (Å²) in [5.74, 6) is 1.62. The maximum atomic E-state index is 6.00. The monoisotopic (exact) mass is 275 g/mol. The molecule has 4 nitrogen and oxygen atoms in total. The highest BCUT2D eigenvalue weighted by atomic mass is 16.5. The predicted octanol–water partition coefficient (Wildman–Crippen LogP) is 1.80. The minimum absolute atomic E-state index is 0.757. The van der Waals surface area contributed by atoms with Gasteiger partial charge in [0.25, 0.3) is 0 Å². The molecule has 4 heteroatoms. The van der Waals surface area contributed by atoms with E-state index < -0.39 is 0 Å². The standard InChI is InChI=1S/C16H25N3O/c1-18-6-8-19(9-7-18)11-14-4-5-15(17)16(10-14)20-12-13-2-3-13/h4-5,10,13H,2-3,6-9,11-12,17H2,1H3. The summed E-state index contributed by atoms with van der Waals surface area (Å²) in [6.45, 7) is 6.40. The second-order valence-corrected chi connectivity index (χ2v) is 6.21. The Bertz CT molecular complexity index is 451. The van der Waals surface area contributed by atoms with E-state index in [1.165, 1.54) is 18.4 Å². The van der Waals surface area contributed by atoms with Gasteiger partial charge in [0.2, 0.25) is 0 Å². The Morgan fingerprint density at radius 2 is 1.95 bits per heavy atom. The van der Waals surface area contributed by atoms with Gasteiger partial charge in [0.1, 0.15) is 5.75 Å². The fourth-order valence-electron chi connectivity index (χ4n) is 2.56. The summed E-state index contributed by atoms with van der Waals surface area (Å²) in [4.78, 5) is 4.87. The molecule has 0 bridgehead atoms. The van der Waals surface area contributed by atoms with Gasteiger partial charge in [-0.2, -0.15) is 0 Å². The van der Waals surface area contributed by atoms with Crippen LogP contribution < -0.4 is 10.5 Å². The molecule has 1 saturated heterocycles. The fraction of sp³-hybridized carbons (Fsp3) is 0.625. The second-order valence-electron chi connectivity index (χ2n) is 6.21. The first kappa shape index (κ1) is 13.7. The first-order chi connectivity index (χ1) is 9.70. The Kier molecular flexibility index (Phi) is 4.13. The van der Waals surface area contributed by atoms with Gasteiger partial charge >= 0.3 is 0 Å². The molecule has 1 saturated carbocycles. The van der Waals surface area contributed by atoms with Crippen molar-refractivity contribution in [2.24, 2.45) is 5.92 Å². The smallest absolute Gasteiger partial charge is 0.142 e. The van der Waals surface area contributed by atoms with Gasteiger partial charge in [-0.25, -0.2) is 0 Å². The number of ether oxygens (including phenoxy) is 1. The highest BCUT2D eigenvalue weighted by molar-refractivity contribution is 5.54. The largest absolute Gasteiger partial charge is 0.491 e. The van der Waals surface area contributed by atoms with E-state index in [1.54, 1.807) is 0 Å². The van der Waals surface area contributed by atoms with Crippen LogP contribution in [0.25, 0.3) is 0 Å². The predicted molar refractivity (Wildman–Crippen MR) is 81.8 cm³/mol. The number of anilines is 1. The minimum Gasteiger partial charge on any atom is -0.491 e. The van der Waals surface area contributed by atoms with Crippen LogP contribution in [0.5, 0.6) is 5.75 Å². The Morgan fingerprint density at radius 1 is 1.20 bits per heavy atom.